The Hall–Kier alpha value is -2.22. The SMILES string of the molecule is C[C@H]1Sc2ccc(C(=O)N3CCN(C(=O)OC(C)(C)C)CC3)cc2NC1=O. The van der Waals surface area contributed by atoms with E-state index in [0.29, 0.717) is 37.4 Å². The lowest BCUT2D eigenvalue weighted by atomic mass is 10.1. The van der Waals surface area contributed by atoms with E-state index in [9.17, 15) is 14.4 Å². The first-order valence-corrected chi connectivity index (χ1v) is 9.91. The topological polar surface area (TPSA) is 79.0 Å². The van der Waals surface area contributed by atoms with E-state index in [0.717, 1.165) is 4.90 Å². The Balaban J connectivity index is 1.62. The molecule has 1 atom stereocenters. The summed E-state index contributed by atoms with van der Waals surface area (Å²) in [5, 5.41) is 2.71. The highest BCUT2D eigenvalue weighted by Gasteiger charge is 2.29. The zero-order chi connectivity index (χ0) is 19.8. The van der Waals surface area contributed by atoms with Gasteiger partial charge in [-0.25, -0.2) is 4.79 Å². The maximum atomic E-state index is 12.8. The van der Waals surface area contributed by atoms with Crippen LogP contribution < -0.4 is 5.32 Å². The minimum atomic E-state index is -0.535. The number of anilines is 1. The third kappa shape index (κ3) is 4.55. The Morgan fingerprint density at radius 1 is 1.15 bits per heavy atom. The van der Waals surface area contributed by atoms with E-state index in [-0.39, 0.29) is 23.2 Å². The molecule has 1 N–H and O–H groups in total. The zero-order valence-corrected chi connectivity index (χ0v) is 16.9. The summed E-state index contributed by atoms with van der Waals surface area (Å²) in [6.45, 7) is 9.13. The van der Waals surface area contributed by atoms with Crippen LogP contribution in [0, 0.1) is 0 Å². The van der Waals surface area contributed by atoms with Crippen molar-refractivity contribution in [3.8, 4) is 0 Å². The number of carbonyl (C=O) groups excluding carboxylic acids is 3. The standard InChI is InChI=1S/C19H25N3O4S/c1-12-16(23)20-14-11-13(5-6-15(14)27-12)17(24)21-7-9-22(10-8-21)18(25)26-19(2,3)4/h5-6,11-12H,7-10H2,1-4H3,(H,20,23)/t12-/m1/s1. The molecule has 0 aromatic heterocycles. The first kappa shape index (κ1) is 19.5. The lowest BCUT2D eigenvalue weighted by Gasteiger charge is -2.35. The van der Waals surface area contributed by atoms with Gasteiger partial charge in [-0.15, -0.1) is 11.8 Å². The van der Waals surface area contributed by atoms with Crippen LogP contribution in [0.15, 0.2) is 23.1 Å². The third-order valence-corrected chi connectivity index (χ3v) is 5.55. The average Bonchev–Trinajstić information content (AvgIpc) is 2.60. The number of rotatable bonds is 1. The minimum absolute atomic E-state index is 0.0527. The summed E-state index contributed by atoms with van der Waals surface area (Å²) >= 11 is 1.49. The van der Waals surface area contributed by atoms with E-state index in [1.165, 1.54) is 11.8 Å². The van der Waals surface area contributed by atoms with Crippen molar-refractivity contribution in [2.45, 2.75) is 43.4 Å². The first-order chi connectivity index (χ1) is 12.6. The van der Waals surface area contributed by atoms with Crippen LogP contribution in [0.5, 0.6) is 0 Å². The van der Waals surface area contributed by atoms with E-state index < -0.39 is 5.60 Å². The molecule has 8 heteroatoms. The second kappa shape index (κ2) is 7.42. The van der Waals surface area contributed by atoms with Crippen LogP contribution in [0.25, 0.3) is 0 Å². The van der Waals surface area contributed by atoms with Gasteiger partial charge in [-0.05, 0) is 45.9 Å². The maximum Gasteiger partial charge on any atom is 0.410 e. The Kier molecular flexibility index (Phi) is 5.37. The molecule has 0 radical (unpaired) electrons. The van der Waals surface area contributed by atoms with Gasteiger partial charge in [-0.3, -0.25) is 9.59 Å². The van der Waals surface area contributed by atoms with E-state index >= 15 is 0 Å². The van der Waals surface area contributed by atoms with Crippen molar-refractivity contribution in [2.75, 3.05) is 31.5 Å². The summed E-state index contributed by atoms with van der Waals surface area (Å²) in [4.78, 5) is 41.1. The molecular weight excluding hydrogens is 366 g/mol. The second-order valence-corrected chi connectivity index (χ2v) is 9.10. The fourth-order valence-corrected chi connectivity index (χ4v) is 3.87. The van der Waals surface area contributed by atoms with E-state index in [1.54, 1.807) is 21.9 Å². The van der Waals surface area contributed by atoms with E-state index in [2.05, 4.69) is 5.32 Å². The monoisotopic (exact) mass is 391 g/mol. The minimum Gasteiger partial charge on any atom is -0.444 e. The third-order valence-electron chi connectivity index (χ3n) is 4.38. The van der Waals surface area contributed by atoms with Crippen molar-refractivity contribution in [1.29, 1.82) is 0 Å². The van der Waals surface area contributed by atoms with Crippen LogP contribution in [0.3, 0.4) is 0 Å². The number of fused-ring (bicyclic) bond motifs is 1. The van der Waals surface area contributed by atoms with Gasteiger partial charge >= 0.3 is 6.09 Å². The fraction of sp³-hybridized carbons (Fsp3) is 0.526. The summed E-state index contributed by atoms with van der Waals surface area (Å²) in [6, 6.07) is 5.40. The molecule has 2 aliphatic heterocycles. The Bertz CT molecular complexity index is 767. The van der Waals surface area contributed by atoms with Crippen LogP contribution in [0.2, 0.25) is 0 Å². The smallest absolute Gasteiger partial charge is 0.410 e. The lowest BCUT2D eigenvalue weighted by molar-refractivity contribution is -0.115. The quantitative estimate of drug-likeness (QED) is 0.796. The molecule has 2 aliphatic rings. The molecule has 27 heavy (non-hydrogen) atoms. The van der Waals surface area contributed by atoms with Crippen molar-refractivity contribution >= 4 is 35.4 Å². The summed E-state index contributed by atoms with van der Waals surface area (Å²) in [6.07, 6.45) is -0.350. The van der Waals surface area contributed by atoms with Crippen LogP contribution in [0.1, 0.15) is 38.1 Å². The van der Waals surface area contributed by atoms with Crippen LogP contribution in [-0.2, 0) is 9.53 Å². The Morgan fingerprint density at radius 3 is 2.41 bits per heavy atom. The molecule has 7 nitrogen and oxygen atoms in total. The molecule has 0 saturated carbocycles. The number of nitrogens with one attached hydrogen (secondary N) is 1. The Morgan fingerprint density at radius 2 is 1.78 bits per heavy atom. The molecule has 0 unspecified atom stereocenters. The van der Waals surface area contributed by atoms with Crippen molar-refractivity contribution < 1.29 is 19.1 Å². The molecule has 1 fully saturated rings. The van der Waals surface area contributed by atoms with Gasteiger partial charge < -0.3 is 19.9 Å². The molecule has 0 spiro atoms. The number of benzene rings is 1. The molecular formula is C19H25N3O4S. The number of amides is 3. The highest BCUT2D eigenvalue weighted by atomic mass is 32.2. The van der Waals surface area contributed by atoms with Crippen LogP contribution in [-0.4, -0.2) is 64.7 Å². The maximum absolute atomic E-state index is 12.8. The molecule has 1 saturated heterocycles. The summed E-state index contributed by atoms with van der Waals surface area (Å²) < 4.78 is 5.38. The molecule has 1 aromatic rings. The largest absolute Gasteiger partial charge is 0.444 e. The predicted octanol–water partition coefficient (Wildman–Crippen LogP) is 2.81. The number of piperazine rings is 1. The van der Waals surface area contributed by atoms with Crippen molar-refractivity contribution in [3.63, 3.8) is 0 Å². The van der Waals surface area contributed by atoms with Crippen LogP contribution in [0.4, 0.5) is 10.5 Å². The number of nitrogens with zero attached hydrogens (tertiary/aromatic N) is 2. The number of carbonyl (C=O) groups is 3. The zero-order valence-electron chi connectivity index (χ0n) is 16.1. The van der Waals surface area contributed by atoms with Gasteiger partial charge in [0.05, 0.1) is 10.9 Å². The fourth-order valence-electron chi connectivity index (χ4n) is 2.94. The molecule has 3 amide bonds. The lowest BCUT2D eigenvalue weighted by Crippen LogP contribution is -2.51. The number of hydrogen-bond acceptors (Lipinski definition) is 5. The van der Waals surface area contributed by atoms with Gasteiger partial charge in [0, 0.05) is 36.6 Å². The number of ether oxygens (including phenoxy) is 1. The number of thioether (sulfide) groups is 1. The van der Waals surface area contributed by atoms with E-state index in [4.69, 9.17) is 4.74 Å². The van der Waals surface area contributed by atoms with Gasteiger partial charge in [0.2, 0.25) is 5.91 Å². The first-order valence-electron chi connectivity index (χ1n) is 9.03. The predicted molar refractivity (Wildman–Crippen MR) is 104 cm³/mol. The van der Waals surface area contributed by atoms with Gasteiger partial charge in [-0.2, -0.15) is 0 Å². The highest BCUT2D eigenvalue weighted by molar-refractivity contribution is 8.00. The molecule has 3 rings (SSSR count). The second-order valence-electron chi connectivity index (χ2n) is 7.72. The molecule has 0 bridgehead atoms. The highest BCUT2D eigenvalue weighted by Crippen LogP contribution is 2.36. The molecule has 0 aliphatic carbocycles. The van der Waals surface area contributed by atoms with Gasteiger partial charge in [0.1, 0.15) is 5.60 Å². The Labute approximate surface area is 163 Å². The normalized spacial score (nSPS) is 20.0. The van der Waals surface area contributed by atoms with Crippen molar-refractivity contribution in [1.82, 2.24) is 9.80 Å². The van der Waals surface area contributed by atoms with Crippen LogP contribution >= 0.6 is 11.8 Å². The van der Waals surface area contributed by atoms with Gasteiger partial charge in [-0.1, -0.05) is 0 Å². The van der Waals surface area contributed by atoms with E-state index in [1.807, 2.05) is 33.8 Å². The molecule has 146 valence electrons. The summed E-state index contributed by atoms with van der Waals surface area (Å²) in [7, 11) is 0. The molecule has 2 heterocycles. The van der Waals surface area contributed by atoms with Crippen molar-refractivity contribution in [3.05, 3.63) is 23.8 Å². The summed E-state index contributed by atoms with van der Waals surface area (Å²) in [5.41, 5.74) is 0.684. The average molecular weight is 391 g/mol. The van der Waals surface area contributed by atoms with Crippen molar-refractivity contribution in [2.24, 2.45) is 0 Å². The molecule has 1 aromatic carbocycles. The van der Waals surface area contributed by atoms with Gasteiger partial charge in [0.15, 0.2) is 0 Å². The number of hydrogen-bond donors (Lipinski definition) is 1. The summed E-state index contributed by atoms with van der Waals surface area (Å²) in [5.74, 6) is -0.150. The van der Waals surface area contributed by atoms with Gasteiger partial charge in [0.25, 0.3) is 5.91 Å².